The third-order valence-corrected chi connectivity index (χ3v) is 3.88. The maximum atomic E-state index is 10.7. The summed E-state index contributed by atoms with van der Waals surface area (Å²) in [5.74, 6) is 0.500. The molecule has 1 aromatic heterocycles. The first kappa shape index (κ1) is 15.0. The van der Waals surface area contributed by atoms with Crippen molar-refractivity contribution in [1.29, 1.82) is 0 Å². The molecule has 0 saturated heterocycles. The molecule has 0 radical (unpaired) electrons. The normalized spacial score (nSPS) is 20.0. The number of aromatic nitrogens is 2. The molecule has 0 spiro atoms. The summed E-state index contributed by atoms with van der Waals surface area (Å²) >= 11 is 0. The van der Waals surface area contributed by atoms with Crippen LogP contribution in [0.4, 0.5) is 0 Å². The molecule has 2 rings (SSSR count). The van der Waals surface area contributed by atoms with Gasteiger partial charge in [-0.25, -0.2) is 4.98 Å². The molecule has 1 atom stereocenters. The molecule has 1 aliphatic carbocycles. The van der Waals surface area contributed by atoms with Crippen LogP contribution in [0.15, 0.2) is 6.20 Å². The summed E-state index contributed by atoms with van der Waals surface area (Å²) in [6.45, 7) is 0. The van der Waals surface area contributed by atoms with E-state index in [4.69, 9.17) is 9.47 Å². The first-order chi connectivity index (χ1) is 9.60. The number of rotatable bonds is 4. The van der Waals surface area contributed by atoms with E-state index in [9.17, 15) is 10.2 Å². The first-order valence-electron chi connectivity index (χ1n) is 6.96. The Morgan fingerprint density at radius 3 is 2.35 bits per heavy atom. The van der Waals surface area contributed by atoms with E-state index in [0.29, 0.717) is 18.7 Å². The SMILES string of the molecule is COc1cnc(C(O)C2(O)CCCCCC2)c(OC)n1. The van der Waals surface area contributed by atoms with E-state index in [2.05, 4.69) is 9.97 Å². The zero-order chi connectivity index (χ0) is 14.6. The molecule has 20 heavy (non-hydrogen) atoms. The molecule has 1 saturated carbocycles. The van der Waals surface area contributed by atoms with Gasteiger partial charge in [-0.3, -0.25) is 0 Å². The second-order valence-electron chi connectivity index (χ2n) is 5.23. The van der Waals surface area contributed by atoms with E-state index in [-0.39, 0.29) is 11.6 Å². The maximum absolute atomic E-state index is 10.7. The van der Waals surface area contributed by atoms with Crippen molar-refractivity contribution in [2.75, 3.05) is 14.2 Å². The molecule has 0 amide bonds. The van der Waals surface area contributed by atoms with E-state index < -0.39 is 11.7 Å². The van der Waals surface area contributed by atoms with Gasteiger partial charge in [0.1, 0.15) is 11.8 Å². The van der Waals surface area contributed by atoms with Crippen LogP contribution < -0.4 is 9.47 Å². The third-order valence-electron chi connectivity index (χ3n) is 3.88. The van der Waals surface area contributed by atoms with Gasteiger partial charge in [-0.1, -0.05) is 25.7 Å². The van der Waals surface area contributed by atoms with Crippen molar-refractivity contribution in [3.63, 3.8) is 0 Å². The van der Waals surface area contributed by atoms with Gasteiger partial charge in [0, 0.05) is 0 Å². The van der Waals surface area contributed by atoms with Gasteiger partial charge in [0.15, 0.2) is 0 Å². The predicted octanol–water partition coefficient (Wildman–Crippen LogP) is 1.61. The Morgan fingerprint density at radius 2 is 1.80 bits per heavy atom. The highest BCUT2D eigenvalue weighted by molar-refractivity contribution is 5.26. The number of aliphatic hydroxyl groups excluding tert-OH is 1. The van der Waals surface area contributed by atoms with Crippen LogP contribution in [0.1, 0.15) is 50.3 Å². The number of ether oxygens (including phenoxy) is 2. The van der Waals surface area contributed by atoms with Crippen LogP contribution in [-0.2, 0) is 0 Å². The zero-order valence-electron chi connectivity index (χ0n) is 12.0. The Bertz CT molecular complexity index is 445. The lowest BCUT2D eigenvalue weighted by Crippen LogP contribution is -2.36. The minimum Gasteiger partial charge on any atom is -0.480 e. The second kappa shape index (κ2) is 6.37. The number of hydrogen-bond donors (Lipinski definition) is 2. The van der Waals surface area contributed by atoms with Crippen LogP contribution in [0.25, 0.3) is 0 Å². The lowest BCUT2D eigenvalue weighted by atomic mass is 9.86. The Labute approximate surface area is 118 Å². The molecule has 0 bridgehead atoms. The molecule has 1 fully saturated rings. The Morgan fingerprint density at radius 1 is 1.15 bits per heavy atom. The van der Waals surface area contributed by atoms with E-state index in [1.54, 1.807) is 0 Å². The van der Waals surface area contributed by atoms with Crippen molar-refractivity contribution in [3.8, 4) is 11.8 Å². The Kier molecular flexibility index (Phi) is 4.77. The van der Waals surface area contributed by atoms with Gasteiger partial charge in [-0.05, 0) is 12.8 Å². The summed E-state index contributed by atoms with van der Waals surface area (Å²) in [7, 11) is 2.94. The summed E-state index contributed by atoms with van der Waals surface area (Å²) in [4.78, 5) is 8.25. The first-order valence-corrected chi connectivity index (χ1v) is 6.96. The number of nitrogens with zero attached hydrogens (tertiary/aromatic N) is 2. The molecule has 0 aliphatic heterocycles. The van der Waals surface area contributed by atoms with Gasteiger partial charge in [-0.15, -0.1) is 0 Å². The highest BCUT2D eigenvalue weighted by atomic mass is 16.5. The number of aliphatic hydroxyl groups is 2. The highest BCUT2D eigenvalue weighted by Gasteiger charge is 2.39. The zero-order valence-corrected chi connectivity index (χ0v) is 12.0. The molecule has 6 nitrogen and oxygen atoms in total. The fourth-order valence-electron chi connectivity index (χ4n) is 2.67. The van der Waals surface area contributed by atoms with Gasteiger partial charge in [-0.2, -0.15) is 4.98 Å². The van der Waals surface area contributed by atoms with E-state index >= 15 is 0 Å². The van der Waals surface area contributed by atoms with Crippen molar-refractivity contribution >= 4 is 0 Å². The number of hydrogen-bond acceptors (Lipinski definition) is 6. The smallest absolute Gasteiger partial charge is 0.241 e. The number of methoxy groups -OCH3 is 2. The van der Waals surface area contributed by atoms with Crippen molar-refractivity contribution in [2.45, 2.75) is 50.2 Å². The van der Waals surface area contributed by atoms with Gasteiger partial charge in [0.05, 0.1) is 26.0 Å². The summed E-state index contributed by atoms with van der Waals surface area (Å²) in [6.07, 6.45) is 5.41. The van der Waals surface area contributed by atoms with E-state index in [1.165, 1.54) is 20.4 Å². The van der Waals surface area contributed by atoms with Crippen molar-refractivity contribution in [1.82, 2.24) is 9.97 Å². The molecule has 1 aliphatic rings. The second-order valence-corrected chi connectivity index (χ2v) is 5.23. The molecule has 1 heterocycles. The standard InChI is InChI=1S/C14H22N2O4/c1-19-10-9-15-11(13(16-10)20-2)12(17)14(18)7-5-3-4-6-8-14/h9,12,17-18H,3-8H2,1-2H3. The fraction of sp³-hybridized carbons (Fsp3) is 0.714. The van der Waals surface area contributed by atoms with E-state index in [1.807, 2.05) is 0 Å². The quantitative estimate of drug-likeness (QED) is 0.816. The van der Waals surface area contributed by atoms with Crippen molar-refractivity contribution in [2.24, 2.45) is 0 Å². The highest BCUT2D eigenvalue weighted by Crippen LogP contribution is 2.39. The Balaban J connectivity index is 2.29. The molecule has 1 aromatic rings. The minimum atomic E-state index is -1.16. The molecule has 112 valence electrons. The van der Waals surface area contributed by atoms with Gasteiger partial charge >= 0.3 is 0 Å². The van der Waals surface area contributed by atoms with Crippen LogP contribution in [0.2, 0.25) is 0 Å². The third kappa shape index (κ3) is 3.02. The average Bonchev–Trinajstić information content (AvgIpc) is 2.71. The van der Waals surface area contributed by atoms with Crippen LogP contribution in [0, 0.1) is 0 Å². The summed E-state index contributed by atoms with van der Waals surface area (Å²) in [5.41, 5.74) is -0.898. The van der Waals surface area contributed by atoms with Crippen LogP contribution in [0.5, 0.6) is 11.8 Å². The molecular weight excluding hydrogens is 260 g/mol. The summed E-state index contributed by atoms with van der Waals surface area (Å²) in [5, 5.41) is 21.2. The summed E-state index contributed by atoms with van der Waals surface area (Å²) in [6, 6.07) is 0. The van der Waals surface area contributed by atoms with E-state index in [0.717, 1.165) is 25.7 Å². The van der Waals surface area contributed by atoms with Crippen LogP contribution in [-0.4, -0.2) is 40.0 Å². The van der Waals surface area contributed by atoms with Crippen LogP contribution in [0.3, 0.4) is 0 Å². The fourth-order valence-corrected chi connectivity index (χ4v) is 2.67. The topological polar surface area (TPSA) is 84.7 Å². The Hall–Kier alpha value is -1.40. The van der Waals surface area contributed by atoms with Gasteiger partial charge < -0.3 is 19.7 Å². The van der Waals surface area contributed by atoms with Gasteiger partial charge in [0.2, 0.25) is 11.8 Å². The van der Waals surface area contributed by atoms with Crippen LogP contribution >= 0.6 is 0 Å². The molecule has 2 N–H and O–H groups in total. The summed E-state index contributed by atoms with van der Waals surface area (Å²) < 4.78 is 10.1. The van der Waals surface area contributed by atoms with Crippen molar-refractivity contribution < 1.29 is 19.7 Å². The monoisotopic (exact) mass is 282 g/mol. The lowest BCUT2D eigenvalue weighted by Gasteiger charge is -2.31. The minimum absolute atomic E-state index is 0.189. The molecular formula is C14H22N2O4. The lowest BCUT2D eigenvalue weighted by molar-refractivity contribution is -0.0895. The maximum Gasteiger partial charge on any atom is 0.241 e. The predicted molar refractivity (Wildman–Crippen MR) is 72.7 cm³/mol. The molecule has 6 heteroatoms. The van der Waals surface area contributed by atoms with Gasteiger partial charge in [0.25, 0.3) is 0 Å². The largest absolute Gasteiger partial charge is 0.480 e. The van der Waals surface area contributed by atoms with Crippen molar-refractivity contribution in [3.05, 3.63) is 11.9 Å². The molecule has 0 aromatic carbocycles. The molecule has 1 unspecified atom stereocenters. The average molecular weight is 282 g/mol.